The molecule has 0 bridgehead atoms. The lowest BCUT2D eigenvalue weighted by molar-refractivity contribution is -0.120. The molecule has 0 atom stereocenters. The van der Waals surface area contributed by atoms with E-state index in [2.05, 4.69) is 10.5 Å². The summed E-state index contributed by atoms with van der Waals surface area (Å²) in [6.45, 7) is 1.79. The van der Waals surface area contributed by atoms with Crippen LogP contribution in [-0.2, 0) is 11.2 Å². The predicted octanol–water partition coefficient (Wildman–Crippen LogP) is 2.48. The second kappa shape index (κ2) is 7.26. The highest BCUT2D eigenvalue weighted by atomic mass is 16.5. The molecule has 2 aromatic rings. The smallest absolute Gasteiger partial charge is 0.244 e. The molecular weight excluding hydrogens is 280 g/mol. The molecule has 5 nitrogen and oxygen atoms in total. The van der Waals surface area contributed by atoms with Crippen molar-refractivity contribution in [2.75, 3.05) is 7.11 Å². The first-order valence-corrected chi connectivity index (χ1v) is 6.84. The van der Waals surface area contributed by atoms with E-state index in [0.717, 1.165) is 11.1 Å². The summed E-state index contributed by atoms with van der Waals surface area (Å²) in [5, 5.41) is 13.3. The number of phenols is 1. The van der Waals surface area contributed by atoms with Gasteiger partial charge in [0.25, 0.3) is 0 Å². The fourth-order valence-corrected chi connectivity index (χ4v) is 1.92. The first-order valence-electron chi connectivity index (χ1n) is 6.84. The molecule has 0 spiro atoms. The molecule has 22 heavy (non-hydrogen) atoms. The van der Waals surface area contributed by atoms with Crippen LogP contribution in [0.15, 0.2) is 53.6 Å². The van der Waals surface area contributed by atoms with E-state index in [9.17, 15) is 9.90 Å². The number of nitrogens with zero attached hydrogens (tertiary/aromatic N) is 1. The lowest BCUT2D eigenvalue weighted by Crippen LogP contribution is -2.21. The Balaban J connectivity index is 1.96. The van der Waals surface area contributed by atoms with Crippen molar-refractivity contribution in [2.45, 2.75) is 13.3 Å². The molecule has 0 radical (unpaired) electrons. The Morgan fingerprint density at radius 2 is 1.95 bits per heavy atom. The van der Waals surface area contributed by atoms with Crippen molar-refractivity contribution in [3.8, 4) is 11.5 Å². The topological polar surface area (TPSA) is 70.9 Å². The van der Waals surface area contributed by atoms with Crippen LogP contribution in [0.3, 0.4) is 0 Å². The third-order valence-corrected chi connectivity index (χ3v) is 3.13. The van der Waals surface area contributed by atoms with Crippen molar-refractivity contribution in [2.24, 2.45) is 5.10 Å². The number of benzene rings is 2. The number of rotatable bonds is 5. The van der Waals surface area contributed by atoms with Crippen LogP contribution in [-0.4, -0.2) is 23.8 Å². The number of amides is 1. The molecule has 114 valence electrons. The zero-order valence-corrected chi connectivity index (χ0v) is 12.5. The van der Waals surface area contributed by atoms with Crippen LogP contribution in [0.5, 0.6) is 11.5 Å². The molecule has 2 N–H and O–H groups in total. The highest BCUT2D eigenvalue weighted by Crippen LogP contribution is 2.13. The van der Waals surface area contributed by atoms with Gasteiger partial charge < -0.3 is 9.84 Å². The van der Waals surface area contributed by atoms with Crippen molar-refractivity contribution in [1.29, 1.82) is 0 Å². The van der Waals surface area contributed by atoms with Gasteiger partial charge in [0.1, 0.15) is 11.5 Å². The maximum absolute atomic E-state index is 11.9. The lowest BCUT2D eigenvalue weighted by Gasteiger charge is -2.05. The van der Waals surface area contributed by atoms with Gasteiger partial charge in [0, 0.05) is 0 Å². The summed E-state index contributed by atoms with van der Waals surface area (Å²) in [5.74, 6) is 0.707. The average Bonchev–Trinajstić information content (AvgIpc) is 2.53. The Bertz CT molecular complexity index is 679. The quantitative estimate of drug-likeness (QED) is 0.658. The van der Waals surface area contributed by atoms with Gasteiger partial charge in [0.2, 0.25) is 5.91 Å². The number of aromatic hydroxyl groups is 1. The zero-order valence-electron chi connectivity index (χ0n) is 12.5. The van der Waals surface area contributed by atoms with Gasteiger partial charge in [-0.05, 0) is 54.4 Å². The Morgan fingerprint density at radius 1 is 1.23 bits per heavy atom. The molecule has 2 rings (SSSR count). The number of carbonyl (C=O) groups excluding carboxylic acids is 1. The Labute approximate surface area is 129 Å². The zero-order chi connectivity index (χ0) is 15.9. The van der Waals surface area contributed by atoms with Crippen LogP contribution in [0.4, 0.5) is 0 Å². The van der Waals surface area contributed by atoms with E-state index in [1.54, 1.807) is 38.3 Å². The number of methoxy groups -OCH3 is 1. The van der Waals surface area contributed by atoms with E-state index in [0.29, 0.717) is 11.5 Å². The first kappa shape index (κ1) is 15.6. The number of hydrazone groups is 1. The number of hydrogen-bond donors (Lipinski definition) is 2. The van der Waals surface area contributed by atoms with Crippen molar-refractivity contribution in [3.63, 3.8) is 0 Å². The SMILES string of the molecule is COc1cccc(CC(=O)NN=C(C)c2ccc(O)cc2)c1. The largest absolute Gasteiger partial charge is 0.508 e. The minimum Gasteiger partial charge on any atom is -0.508 e. The van der Waals surface area contributed by atoms with Crippen molar-refractivity contribution < 1.29 is 14.6 Å². The number of hydrogen-bond acceptors (Lipinski definition) is 4. The predicted molar refractivity (Wildman–Crippen MR) is 85.2 cm³/mol. The number of nitrogens with one attached hydrogen (secondary N) is 1. The van der Waals surface area contributed by atoms with E-state index in [1.165, 1.54) is 0 Å². The number of carbonyl (C=O) groups is 1. The Kier molecular flexibility index (Phi) is 5.14. The van der Waals surface area contributed by atoms with Gasteiger partial charge in [-0.1, -0.05) is 12.1 Å². The van der Waals surface area contributed by atoms with E-state index < -0.39 is 0 Å². The maximum Gasteiger partial charge on any atom is 0.244 e. The standard InChI is InChI=1S/C17H18N2O3/c1-12(14-6-8-15(20)9-7-14)18-19-17(21)11-13-4-3-5-16(10-13)22-2/h3-10,20H,11H2,1-2H3,(H,19,21). The minimum atomic E-state index is -0.202. The Hall–Kier alpha value is -2.82. The summed E-state index contributed by atoms with van der Waals surface area (Å²) in [5.41, 5.74) is 4.88. The normalized spacial score (nSPS) is 11.1. The molecule has 0 aliphatic rings. The number of phenolic OH excluding ortho intramolecular Hbond substituents is 1. The van der Waals surface area contributed by atoms with E-state index in [1.807, 2.05) is 24.3 Å². The summed E-state index contributed by atoms with van der Waals surface area (Å²) < 4.78 is 5.12. The number of ether oxygens (including phenoxy) is 1. The monoisotopic (exact) mass is 298 g/mol. The lowest BCUT2D eigenvalue weighted by atomic mass is 10.1. The highest BCUT2D eigenvalue weighted by molar-refractivity contribution is 5.99. The van der Waals surface area contributed by atoms with Gasteiger partial charge in [-0.2, -0.15) is 5.10 Å². The van der Waals surface area contributed by atoms with Gasteiger partial charge in [-0.3, -0.25) is 4.79 Å². The van der Waals surface area contributed by atoms with E-state index in [4.69, 9.17) is 4.74 Å². The fraction of sp³-hybridized carbons (Fsp3) is 0.176. The average molecular weight is 298 g/mol. The summed E-state index contributed by atoms with van der Waals surface area (Å²) >= 11 is 0. The minimum absolute atomic E-state index is 0.193. The van der Waals surface area contributed by atoms with Crippen LogP contribution in [0, 0.1) is 0 Å². The molecule has 5 heteroatoms. The molecule has 0 heterocycles. The molecule has 0 aliphatic heterocycles. The summed E-state index contributed by atoms with van der Waals surface area (Å²) in [6.07, 6.45) is 0.226. The van der Waals surface area contributed by atoms with E-state index in [-0.39, 0.29) is 18.1 Å². The third kappa shape index (κ3) is 4.34. The molecule has 1 amide bonds. The van der Waals surface area contributed by atoms with Gasteiger partial charge in [0.15, 0.2) is 0 Å². The van der Waals surface area contributed by atoms with Crippen molar-refractivity contribution in [3.05, 3.63) is 59.7 Å². The van der Waals surface area contributed by atoms with Crippen LogP contribution in [0.1, 0.15) is 18.1 Å². The molecule has 0 aliphatic carbocycles. The van der Waals surface area contributed by atoms with Crippen LogP contribution in [0.2, 0.25) is 0 Å². The second-order valence-electron chi connectivity index (χ2n) is 4.81. The van der Waals surface area contributed by atoms with Crippen molar-refractivity contribution >= 4 is 11.6 Å². The Morgan fingerprint density at radius 3 is 2.64 bits per heavy atom. The molecule has 0 aromatic heterocycles. The second-order valence-corrected chi connectivity index (χ2v) is 4.81. The van der Waals surface area contributed by atoms with Crippen LogP contribution < -0.4 is 10.2 Å². The molecular formula is C17H18N2O3. The van der Waals surface area contributed by atoms with Crippen LogP contribution >= 0.6 is 0 Å². The maximum atomic E-state index is 11.9. The summed E-state index contributed by atoms with van der Waals surface area (Å²) in [6, 6.07) is 14.0. The molecule has 2 aromatic carbocycles. The fourth-order valence-electron chi connectivity index (χ4n) is 1.92. The van der Waals surface area contributed by atoms with Gasteiger partial charge in [-0.25, -0.2) is 5.43 Å². The van der Waals surface area contributed by atoms with Crippen molar-refractivity contribution in [1.82, 2.24) is 5.43 Å². The molecule has 0 unspecified atom stereocenters. The highest BCUT2D eigenvalue weighted by Gasteiger charge is 2.04. The molecule has 0 saturated heterocycles. The van der Waals surface area contributed by atoms with Gasteiger partial charge >= 0.3 is 0 Å². The first-order chi connectivity index (χ1) is 10.6. The third-order valence-electron chi connectivity index (χ3n) is 3.13. The van der Waals surface area contributed by atoms with Crippen LogP contribution in [0.25, 0.3) is 0 Å². The van der Waals surface area contributed by atoms with E-state index >= 15 is 0 Å². The van der Waals surface area contributed by atoms with Gasteiger partial charge in [0.05, 0.1) is 19.2 Å². The molecule has 0 fully saturated rings. The summed E-state index contributed by atoms with van der Waals surface area (Å²) in [4.78, 5) is 11.9. The van der Waals surface area contributed by atoms with Gasteiger partial charge in [-0.15, -0.1) is 0 Å². The summed E-state index contributed by atoms with van der Waals surface area (Å²) in [7, 11) is 1.59. The molecule has 0 saturated carbocycles.